The van der Waals surface area contributed by atoms with Crippen molar-refractivity contribution < 1.29 is 13.2 Å². The average molecular weight is 486 g/mol. The van der Waals surface area contributed by atoms with Gasteiger partial charge in [0.05, 0.1) is 10.7 Å². The van der Waals surface area contributed by atoms with Crippen LogP contribution in [-0.2, 0) is 14.8 Å². The number of sulfonamides is 1. The Morgan fingerprint density at radius 2 is 1.82 bits per heavy atom. The van der Waals surface area contributed by atoms with E-state index in [1.807, 2.05) is 30.3 Å². The van der Waals surface area contributed by atoms with E-state index in [4.69, 9.17) is 16.3 Å². The van der Waals surface area contributed by atoms with Crippen LogP contribution in [0.25, 0.3) is 0 Å². The molecule has 1 saturated heterocycles. The van der Waals surface area contributed by atoms with Gasteiger partial charge in [0.25, 0.3) is 0 Å². The van der Waals surface area contributed by atoms with Gasteiger partial charge in [-0.2, -0.15) is 4.31 Å². The van der Waals surface area contributed by atoms with Gasteiger partial charge in [0.15, 0.2) is 0 Å². The molecule has 5 nitrogen and oxygen atoms in total. The third-order valence-corrected chi connectivity index (χ3v) is 8.77. The Hall–Kier alpha value is -1.12. The smallest absolute Gasteiger partial charge is 0.245 e. The Bertz CT molecular complexity index is 965. The summed E-state index contributed by atoms with van der Waals surface area (Å²) in [5, 5.41) is 0.488. The first-order chi connectivity index (χ1) is 13.4. The molecule has 4 rings (SSSR count). The molecule has 150 valence electrons. The summed E-state index contributed by atoms with van der Waals surface area (Å²) in [5.74, 6) is 0.243. The summed E-state index contributed by atoms with van der Waals surface area (Å²) < 4.78 is 34.7. The van der Waals surface area contributed by atoms with Crippen molar-refractivity contribution in [1.29, 1.82) is 0 Å². The lowest BCUT2D eigenvalue weighted by Gasteiger charge is -2.36. The Balaban J connectivity index is 1.90. The summed E-state index contributed by atoms with van der Waals surface area (Å²) >= 11 is 9.76. The number of hydrogen-bond donors (Lipinski definition) is 0. The van der Waals surface area contributed by atoms with E-state index in [9.17, 15) is 8.42 Å². The van der Waals surface area contributed by atoms with Crippen LogP contribution in [0.3, 0.4) is 0 Å². The third kappa shape index (κ3) is 3.59. The molecular weight excluding hydrogens is 464 g/mol. The van der Waals surface area contributed by atoms with Gasteiger partial charge in [-0.25, -0.2) is 8.42 Å². The Labute approximate surface area is 179 Å². The van der Waals surface area contributed by atoms with Crippen molar-refractivity contribution in [3.8, 4) is 0 Å². The molecule has 0 aliphatic carbocycles. The van der Waals surface area contributed by atoms with Gasteiger partial charge in [0.1, 0.15) is 4.90 Å². The van der Waals surface area contributed by atoms with Gasteiger partial charge in [-0.05, 0) is 59.0 Å². The first-order valence-corrected chi connectivity index (χ1v) is 11.9. The summed E-state index contributed by atoms with van der Waals surface area (Å²) in [6.45, 7) is 1.91. The lowest BCUT2D eigenvalue weighted by molar-refractivity contribution is 0.0465. The molecule has 2 aromatic rings. The molecule has 0 bridgehead atoms. The highest BCUT2D eigenvalue weighted by Gasteiger charge is 2.41. The maximum atomic E-state index is 13.5. The number of nitrogens with zero attached hydrogens (tertiary/aromatic N) is 2. The van der Waals surface area contributed by atoms with Crippen LogP contribution in [0, 0.1) is 5.92 Å². The molecule has 1 atom stereocenters. The summed E-state index contributed by atoms with van der Waals surface area (Å²) in [5.41, 5.74) is 1.56. The highest BCUT2D eigenvalue weighted by Crippen LogP contribution is 2.42. The number of likely N-dealkylation sites (N-methyl/N-ethyl adjacent to an activating group) is 1. The fourth-order valence-electron chi connectivity index (χ4n) is 4.07. The first kappa shape index (κ1) is 20.2. The zero-order chi connectivity index (χ0) is 19.9. The molecule has 2 aliphatic rings. The molecule has 2 heterocycles. The molecule has 0 aromatic heterocycles. The van der Waals surface area contributed by atoms with E-state index >= 15 is 0 Å². The zero-order valence-corrected chi connectivity index (χ0v) is 18.7. The minimum atomic E-state index is -3.67. The molecule has 28 heavy (non-hydrogen) atoms. The summed E-state index contributed by atoms with van der Waals surface area (Å²) in [7, 11) is -1.98. The number of ether oxygens (including phenoxy) is 1. The summed E-state index contributed by atoms with van der Waals surface area (Å²) in [6.07, 6.45) is 1.71. The molecule has 0 N–H and O–H groups in total. The van der Waals surface area contributed by atoms with Crippen molar-refractivity contribution in [2.24, 2.45) is 5.92 Å². The van der Waals surface area contributed by atoms with E-state index in [2.05, 4.69) is 20.8 Å². The highest BCUT2D eigenvalue weighted by molar-refractivity contribution is 9.10. The van der Waals surface area contributed by atoms with E-state index in [1.165, 1.54) is 0 Å². The molecule has 0 radical (unpaired) electrons. The van der Waals surface area contributed by atoms with E-state index in [1.54, 1.807) is 23.5 Å². The van der Waals surface area contributed by atoms with E-state index < -0.39 is 10.0 Å². The van der Waals surface area contributed by atoms with Gasteiger partial charge in [-0.1, -0.05) is 29.8 Å². The van der Waals surface area contributed by atoms with Crippen molar-refractivity contribution in [2.45, 2.75) is 23.8 Å². The normalized spacial score (nSPS) is 23.2. The molecule has 2 aromatic carbocycles. The van der Waals surface area contributed by atoms with Crippen molar-refractivity contribution in [1.82, 2.24) is 4.31 Å². The average Bonchev–Trinajstić information content (AvgIpc) is 2.78. The Kier molecular flexibility index (Phi) is 5.73. The second kappa shape index (κ2) is 7.95. The number of rotatable bonds is 2. The van der Waals surface area contributed by atoms with Gasteiger partial charge < -0.3 is 9.64 Å². The fourth-order valence-corrected chi connectivity index (χ4v) is 6.33. The first-order valence-electron chi connectivity index (χ1n) is 9.27. The number of anilines is 2. The van der Waals surface area contributed by atoms with Crippen molar-refractivity contribution in [3.63, 3.8) is 0 Å². The number of benzene rings is 2. The van der Waals surface area contributed by atoms with Crippen LogP contribution in [0.2, 0.25) is 5.02 Å². The van der Waals surface area contributed by atoms with Crippen LogP contribution >= 0.6 is 27.5 Å². The highest BCUT2D eigenvalue weighted by atomic mass is 79.9. The van der Waals surface area contributed by atoms with Crippen LogP contribution in [0.4, 0.5) is 11.4 Å². The van der Waals surface area contributed by atoms with Crippen LogP contribution in [0.5, 0.6) is 0 Å². The third-order valence-electron chi connectivity index (χ3n) is 5.66. The standard InChI is InChI=1S/C20H22BrClN2O3S/c1-23-19(14-7-9-27-10-8-14)13-24(15-5-3-2-4-6-15)18-12-17(22)16(21)11-20(18)28(23,25)26/h2-6,11-12,14,19H,7-10,13H2,1H3. The molecule has 1 unspecified atom stereocenters. The molecule has 8 heteroatoms. The number of hydrogen-bond acceptors (Lipinski definition) is 4. The SMILES string of the molecule is CN1C(C2CCOCC2)CN(c2ccccc2)c2cc(Cl)c(Br)cc2S1(=O)=O. The van der Waals surface area contributed by atoms with E-state index in [-0.39, 0.29) is 16.9 Å². The second-order valence-electron chi connectivity index (χ2n) is 7.22. The second-order valence-corrected chi connectivity index (χ2v) is 10.4. The van der Waals surface area contributed by atoms with Crippen LogP contribution in [-0.4, -0.2) is 45.6 Å². The molecule has 1 fully saturated rings. The Morgan fingerprint density at radius 1 is 1.14 bits per heavy atom. The van der Waals surface area contributed by atoms with E-state index in [0.29, 0.717) is 34.9 Å². The summed E-state index contributed by atoms with van der Waals surface area (Å²) in [6, 6.07) is 13.1. The fraction of sp³-hybridized carbons (Fsp3) is 0.400. The minimum absolute atomic E-state index is 0.154. The van der Waals surface area contributed by atoms with Gasteiger partial charge in [0, 0.05) is 43.0 Å². The molecule has 0 spiro atoms. The molecular formula is C20H22BrClN2O3S. The molecule has 2 aliphatic heterocycles. The van der Waals surface area contributed by atoms with Gasteiger partial charge in [-0.3, -0.25) is 0 Å². The number of para-hydroxylation sites is 1. The molecule has 0 saturated carbocycles. The number of fused-ring (bicyclic) bond motifs is 1. The topological polar surface area (TPSA) is 49.9 Å². The Morgan fingerprint density at radius 3 is 2.50 bits per heavy atom. The van der Waals surface area contributed by atoms with Crippen molar-refractivity contribution in [2.75, 3.05) is 31.7 Å². The lowest BCUT2D eigenvalue weighted by Crippen LogP contribution is -2.47. The zero-order valence-electron chi connectivity index (χ0n) is 15.5. The van der Waals surface area contributed by atoms with Crippen LogP contribution in [0.15, 0.2) is 51.8 Å². The van der Waals surface area contributed by atoms with Crippen LogP contribution < -0.4 is 4.90 Å². The van der Waals surface area contributed by atoms with Crippen molar-refractivity contribution >= 4 is 48.9 Å². The van der Waals surface area contributed by atoms with Gasteiger partial charge in [-0.15, -0.1) is 0 Å². The summed E-state index contributed by atoms with van der Waals surface area (Å²) in [4.78, 5) is 2.35. The minimum Gasteiger partial charge on any atom is -0.381 e. The predicted molar refractivity (Wildman–Crippen MR) is 115 cm³/mol. The largest absolute Gasteiger partial charge is 0.381 e. The monoisotopic (exact) mass is 484 g/mol. The maximum absolute atomic E-state index is 13.5. The molecule has 0 amide bonds. The van der Waals surface area contributed by atoms with Crippen LogP contribution in [0.1, 0.15) is 12.8 Å². The van der Waals surface area contributed by atoms with Gasteiger partial charge in [0.2, 0.25) is 10.0 Å². The van der Waals surface area contributed by atoms with E-state index in [0.717, 1.165) is 18.5 Å². The maximum Gasteiger partial charge on any atom is 0.245 e. The van der Waals surface area contributed by atoms with Gasteiger partial charge >= 0.3 is 0 Å². The number of halogens is 2. The lowest BCUT2D eigenvalue weighted by atomic mass is 9.91. The van der Waals surface area contributed by atoms with Crippen molar-refractivity contribution in [3.05, 3.63) is 52.0 Å². The predicted octanol–water partition coefficient (Wildman–Crippen LogP) is 4.67. The quantitative estimate of drug-likeness (QED) is 0.620.